The van der Waals surface area contributed by atoms with Crippen LogP contribution in [0.3, 0.4) is 0 Å². The summed E-state index contributed by atoms with van der Waals surface area (Å²) in [5, 5.41) is 4.22. The normalized spacial score (nSPS) is 11.0. The number of aromatic nitrogens is 1. The molecular formula is C17H23ClN2O. The van der Waals surface area contributed by atoms with E-state index in [0.717, 1.165) is 36.8 Å². The highest BCUT2D eigenvalue weighted by atomic mass is 35.5. The molecule has 3 nitrogen and oxygen atoms in total. The lowest BCUT2D eigenvalue weighted by atomic mass is 10.2. The predicted molar refractivity (Wildman–Crippen MR) is 88.0 cm³/mol. The van der Waals surface area contributed by atoms with Crippen molar-refractivity contribution < 1.29 is 4.74 Å². The van der Waals surface area contributed by atoms with Gasteiger partial charge >= 0.3 is 0 Å². The van der Waals surface area contributed by atoms with Crippen LogP contribution in [0, 0.1) is 13.8 Å². The van der Waals surface area contributed by atoms with Gasteiger partial charge in [-0.1, -0.05) is 29.8 Å². The number of rotatable bonds is 7. The van der Waals surface area contributed by atoms with Gasteiger partial charge in [-0.05, 0) is 37.1 Å². The lowest BCUT2D eigenvalue weighted by molar-refractivity contribution is 0.199. The van der Waals surface area contributed by atoms with E-state index < -0.39 is 0 Å². The molecule has 114 valence electrons. The summed E-state index contributed by atoms with van der Waals surface area (Å²) in [5.41, 5.74) is 5.03. The summed E-state index contributed by atoms with van der Waals surface area (Å²) < 4.78 is 7.36. The number of nitrogens with zero attached hydrogens (tertiary/aromatic N) is 1. The number of hydrogen-bond acceptors (Lipinski definition) is 2. The van der Waals surface area contributed by atoms with Crippen LogP contribution in [-0.4, -0.2) is 24.8 Å². The van der Waals surface area contributed by atoms with Crippen LogP contribution in [0.15, 0.2) is 30.3 Å². The Labute approximate surface area is 131 Å². The van der Waals surface area contributed by atoms with Gasteiger partial charge in [-0.15, -0.1) is 0 Å². The molecule has 0 aliphatic carbocycles. The van der Waals surface area contributed by atoms with Crippen molar-refractivity contribution in [2.24, 2.45) is 0 Å². The average Bonchev–Trinajstić information content (AvgIpc) is 2.73. The van der Waals surface area contributed by atoms with E-state index in [1.165, 1.54) is 17.0 Å². The molecule has 1 aromatic carbocycles. The molecule has 0 saturated heterocycles. The van der Waals surface area contributed by atoms with Crippen molar-refractivity contribution in [3.8, 4) is 0 Å². The molecule has 4 heteroatoms. The van der Waals surface area contributed by atoms with Gasteiger partial charge in [0.1, 0.15) is 0 Å². The van der Waals surface area contributed by atoms with Crippen LogP contribution in [0.1, 0.15) is 22.5 Å². The number of hydrogen-bond donors (Lipinski definition) is 1. The third kappa shape index (κ3) is 4.10. The molecule has 0 saturated carbocycles. The number of nitrogens with one attached hydrogen (secondary N) is 1. The van der Waals surface area contributed by atoms with Gasteiger partial charge in [0, 0.05) is 43.2 Å². The van der Waals surface area contributed by atoms with E-state index in [1.807, 2.05) is 18.2 Å². The second kappa shape index (κ2) is 7.64. The highest BCUT2D eigenvalue weighted by Gasteiger charge is 2.10. The highest BCUT2D eigenvalue weighted by molar-refractivity contribution is 6.31. The van der Waals surface area contributed by atoms with Crippen LogP contribution in [0.4, 0.5) is 0 Å². The van der Waals surface area contributed by atoms with Gasteiger partial charge in [0.05, 0.1) is 6.61 Å². The Hall–Kier alpha value is -1.29. The van der Waals surface area contributed by atoms with Crippen molar-refractivity contribution in [2.75, 3.05) is 20.3 Å². The van der Waals surface area contributed by atoms with Gasteiger partial charge < -0.3 is 14.6 Å². The zero-order valence-electron chi connectivity index (χ0n) is 12.9. The van der Waals surface area contributed by atoms with E-state index >= 15 is 0 Å². The first-order valence-corrected chi connectivity index (χ1v) is 7.60. The molecule has 0 unspecified atom stereocenters. The molecule has 0 fully saturated rings. The summed E-state index contributed by atoms with van der Waals surface area (Å²) in [6.07, 6.45) is 0. The average molecular weight is 307 g/mol. The van der Waals surface area contributed by atoms with Gasteiger partial charge in [-0.3, -0.25) is 0 Å². The number of methoxy groups -OCH3 is 1. The predicted octanol–water partition coefficient (Wildman–Crippen LogP) is 3.54. The Bertz CT molecular complexity index is 592. The Kier molecular flexibility index (Phi) is 5.85. The topological polar surface area (TPSA) is 26.2 Å². The van der Waals surface area contributed by atoms with Gasteiger partial charge in [-0.25, -0.2) is 0 Å². The summed E-state index contributed by atoms with van der Waals surface area (Å²) in [6.45, 7) is 7.59. The van der Waals surface area contributed by atoms with Crippen LogP contribution >= 0.6 is 11.6 Å². The summed E-state index contributed by atoms with van der Waals surface area (Å²) in [5.74, 6) is 0. The number of ether oxygens (including phenoxy) is 1. The van der Waals surface area contributed by atoms with Gasteiger partial charge in [-0.2, -0.15) is 0 Å². The van der Waals surface area contributed by atoms with Crippen LogP contribution in [-0.2, 0) is 17.8 Å². The Morgan fingerprint density at radius 3 is 2.67 bits per heavy atom. The minimum absolute atomic E-state index is 0.734. The third-order valence-electron chi connectivity index (χ3n) is 3.76. The van der Waals surface area contributed by atoms with E-state index in [-0.39, 0.29) is 0 Å². The molecule has 0 bridgehead atoms. The van der Waals surface area contributed by atoms with Gasteiger partial charge in [0.2, 0.25) is 0 Å². The number of halogens is 1. The molecular weight excluding hydrogens is 284 g/mol. The molecule has 0 radical (unpaired) electrons. The van der Waals surface area contributed by atoms with E-state index in [0.29, 0.717) is 0 Å². The van der Waals surface area contributed by atoms with Crippen molar-refractivity contribution >= 4 is 11.6 Å². The Morgan fingerprint density at radius 1 is 1.19 bits per heavy atom. The first-order chi connectivity index (χ1) is 10.1. The first-order valence-electron chi connectivity index (χ1n) is 7.22. The maximum absolute atomic E-state index is 6.26. The molecule has 0 aliphatic heterocycles. The summed E-state index contributed by atoms with van der Waals surface area (Å²) in [4.78, 5) is 0. The molecule has 1 aromatic heterocycles. The largest absolute Gasteiger partial charge is 0.383 e. The zero-order chi connectivity index (χ0) is 15.2. The molecule has 1 N–H and O–H groups in total. The second-order valence-electron chi connectivity index (χ2n) is 5.24. The van der Waals surface area contributed by atoms with Crippen LogP contribution in [0.25, 0.3) is 0 Å². The summed E-state index contributed by atoms with van der Waals surface area (Å²) in [6, 6.07) is 10.3. The fraction of sp³-hybridized carbons (Fsp3) is 0.412. The number of benzene rings is 1. The molecule has 0 amide bonds. The zero-order valence-corrected chi connectivity index (χ0v) is 13.7. The third-order valence-corrected chi connectivity index (χ3v) is 4.13. The van der Waals surface area contributed by atoms with E-state index in [4.69, 9.17) is 16.3 Å². The van der Waals surface area contributed by atoms with Crippen LogP contribution in [0.2, 0.25) is 5.02 Å². The van der Waals surface area contributed by atoms with Crippen LogP contribution in [0.5, 0.6) is 0 Å². The fourth-order valence-corrected chi connectivity index (χ4v) is 2.68. The highest BCUT2D eigenvalue weighted by Crippen LogP contribution is 2.21. The van der Waals surface area contributed by atoms with Crippen molar-refractivity contribution in [1.29, 1.82) is 0 Å². The van der Waals surface area contributed by atoms with Gasteiger partial charge in [0.25, 0.3) is 0 Å². The molecule has 21 heavy (non-hydrogen) atoms. The fourth-order valence-electron chi connectivity index (χ4n) is 2.49. The lowest BCUT2D eigenvalue weighted by Crippen LogP contribution is -2.18. The summed E-state index contributed by atoms with van der Waals surface area (Å²) in [7, 11) is 1.72. The quantitative estimate of drug-likeness (QED) is 0.792. The number of aryl methyl sites for hydroxylation is 1. The smallest absolute Gasteiger partial charge is 0.0587 e. The van der Waals surface area contributed by atoms with Gasteiger partial charge in [0.15, 0.2) is 0 Å². The second-order valence-corrected chi connectivity index (χ2v) is 5.65. The molecule has 2 rings (SSSR count). The summed E-state index contributed by atoms with van der Waals surface area (Å²) >= 11 is 6.26. The van der Waals surface area contributed by atoms with Crippen molar-refractivity contribution in [3.63, 3.8) is 0 Å². The maximum atomic E-state index is 6.26. The monoisotopic (exact) mass is 306 g/mol. The minimum Gasteiger partial charge on any atom is -0.383 e. The molecule has 0 atom stereocenters. The minimum atomic E-state index is 0.734. The van der Waals surface area contributed by atoms with Crippen LogP contribution < -0.4 is 5.32 Å². The maximum Gasteiger partial charge on any atom is 0.0587 e. The van der Waals surface area contributed by atoms with Crippen molar-refractivity contribution in [1.82, 2.24) is 9.88 Å². The van der Waals surface area contributed by atoms with E-state index in [9.17, 15) is 0 Å². The molecule has 2 aromatic rings. The first kappa shape index (κ1) is 16.1. The standard InChI is InChI=1S/C17H23ClN2O/c1-13-10-16(11-19-8-9-21-3)14(2)20(13)12-15-6-4-5-7-17(15)18/h4-7,10,19H,8-9,11-12H2,1-3H3. The Balaban J connectivity index is 2.10. The molecule has 1 heterocycles. The lowest BCUT2D eigenvalue weighted by Gasteiger charge is -2.11. The SMILES string of the molecule is COCCNCc1cc(C)n(Cc2ccccc2Cl)c1C. The van der Waals surface area contributed by atoms with Crippen molar-refractivity contribution in [3.05, 3.63) is 57.9 Å². The van der Waals surface area contributed by atoms with Crippen molar-refractivity contribution in [2.45, 2.75) is 26.9 Å². The Morgan fingerprint density at radius 2 is 1.95 bits per heavy atom. The molecule has 0 spiro atoms. The van der Waals surface area contributed by atoms with E-state index in [2.05, 4.69) is 35.9 Å². The molecule has 0 aliphatic rings. The van der Waals surface area contributed by atoms with E-state index in [1.54, 1.807) is 7.11 Å².